The summed E-state index contributed by atoms with van der Waals surface area (Å²) in [6, 6.07) is 4.02. The summed E-state index contributed by atoms with van der Waals surface area (Å²) in [5.74, 6) is 0.0135. The van der Waals surface area contributed by atoms with Gasteiger partial charge in [-0.3, -0.25) is 4.79 Å². The average Bonchev–Trinajstić information content (AvgIpc) is 3.05. The highest BCUT2D eigenvalue weighted by Crippen LogP contribution is 2.27. The van der Waals surface area contributed by atoms with Crippen molar-refractivity contribution in [2.24, 2.45) is 0 Å². The van der Waals surface area contributed by atoms with E-state index in [0.29, 0.717) is 19.5 Å². The van der Waals surface area contributed by atoms with Gasteiger partial charge in [0.1, 0.15) is 5.01 Å². The quantitative estimate of drug-likeness (QED) is 0.889. The number of carbonyl (C=O) groups excluding carboxylic acids is 1. The zero-order chi connectivity index (χ0) is 13.7. The second-order valence-electron chi connectivity index (χ2n) is 4.00. The van der Waals surface area contributed by atoms with Crippen molar-refractivity contribution in [2.45, 2.75) is 13.3 Å². The number of aliphatic hydroxyl groups excluding tert-OH is 1. The van der Waals surface area contributed by atoms with Crippen LogP contribution in [0.25, 0.3) is 9.88 Å². The number of thiophene rings is 1. The number of thiazole rings is 1. The number of aliphatic hydroxyl groups is 1. The van der Waals surface area contributed by atoms with Gasteiger partial charge in [0, 0.05) is 18.5 Å². The van der Waals surface area contributed by atoms with Crippen molar-refractivity contribution in [2.75, 3.05) is 19.7 Å². The third-order valence-electron chi connectivity index (χ3n) is 2.72. The molecule has 2 aromatic rings. The fraction of sp³-hybridized carbons (Fsp3) is 0.385. The van der Waals surface area contributed by atoms with Crippen LogP contribution in [0.2, 0.25) is 0 Å². The van der Waals surface area contributed by atoms with E-state index in [2.05, 4.69) is 4.98 Å². The number of hydrogen-bond donors (Lipinski definition) is 1. The standard InChI is InChI=1S/C13H16N2O2S2/c1-2-15(5-6-16)12(17)8-10-9-19-13(14-10)11-4-3-7-18-11/h3-4,7,9,16H,2,5-6,8H2,1H3. The van der Waals surface area contributed by atoms with Crippen LogP contribution in [0.1, 0.15) is 12.6 Å². The first-order chi connectivity index (χ1) is 9.24. The summed E-state index contributed by atoms with van der Waals surface area (Å²) >= 11 is 3.21. The molecule has 2 aromatic heterocycles. The Morgan fingerprint density at radius 1 is 1.47 bits per heavy atom. The minimum absolute atomic E-state index is 0.00289. The minimum atomic E-state index is -0.00289. The summed E-state index contributed by atoms with van der Waals surface area (Å²) in [6.45, 7) is 2.90. The van der Waals surface area contributed by atoms with E-state index in [0.717, 1.165) is 15.6 Å². The molecule has 4 nitrogen and oxygen atoms in total. The molecule has 1 N–H and O–H groups in total. The van der Waals surface area contributed by atoms with Crippen molar-refractivity contribution in [3.8, 4) is 9.88 Å². The number of hydrogen-bond acceptors (Lipinski definition) is 5. The second kappa shape index (κ2) is 6.79. The van der Waals surface area contributed by atoms with Gasteiger partial charge >= 0.3 is 0 Å². The minimum Gasteiger partial charge on any atom is -0.395 e. The van der Waals surface area contributed by atoms with E-state index >= 15 is 0 Å². The largest absolute Gasteiger partial charge is 0.395 e. The van der Waals surface area contributed by atoms with E-state index < -0.39 is 0 Å². The molecule has 6 heteroatoms. The number of amides is 1. The van der Waals surface area contributed by atoms with Gasteiger partial charge in [0.2, 0.25) is 5.91 Å². The number of nitrogens with zero attached hydrogens (tertiary/aromatic N) is 2. The smallest absolute Gasteiger partial charge is 0.228 e. The Kier molecular flexibility index (Phi) is 5.07. The molecule has 0 saturated carbocycles. The van der Waals surface area contributed by atoms with E-state index in [-0.39, 0.29) is 12.5 Å². The highest BCUT2D eigenvalue weighted by Gasteiger charge is 2.14. The van der Waals surface area contributed by atoms with Crippen LogP contribution in [-0.2, 0) is 11.2 Å². The third-order valence-corrected chi connectivity index (χ3v) is 4.65. The Labute approximate surface area is 120 Å². The van der Waals surface area contributed by atoms with Crippen molar-refractivity contribution in [3.05, 3.63) is 28.6 Å². The Bertz CT molecular complexity index is 522. The van der Waals surface area contributed by atoms with Gasteiger partial charge < -0.3 is 10.0 Å². The van der Waals surface area contributed by atoms with Gasteiger partial charge in [-0.2, -0.15) is 0 Å². The van der Waals surface area contributed by atoms with E-state index in [4.69, 9.17) is 5.11 Å². The summed E-state index contributed by atoms with van der Waals surface area (Å²) < 4.78 is 0. The molecule has 1 amide bonds. The maximum Gasteiger partial charge on any atom is 0.228 e. The van der Waals surface area contributed by atoms with E-state index in [1.54, 1.807) is 27.6 Å². The Balaban J connectivity index is 2.02. The van der Waals surface area contributed by atoms with Crippen LogP contribution in [-0.4, -0.2) is 40.6 Å². The van der Waals surface area contributed by atoms with E-state index in [9.17, 15) is 4.79 Å². The summed E-state index contributed by atoms with van der Waals surface area (Å²) in [7, 11) is 0. The molecule has 19 heavy (non-hydrogen) atoms. The first-order valence-electron chi connectivity index (χ1n) is 6.11. The Morgan fingerprint density at radius 2 is 2.32 bits per heavy atom. The molecule has 0 radical (unpaired) electrons. The zero-order valence-corrected chi connectivity index (χ0v) is 12.3. The molecule has 0 atom stereocenters. The predicted molar refractivity (Wildman–Crippen MR) is 78.5 cm³/mol. The second-order valence-corrected chi connectivity index (χ2v) is 5.80. The van der Waals surface area contributed by atoms with Crippen molar-refractivity contribution in [1.29, 1.82) is 0 Å². The number of aromatic nitrogens is 1. The normalized spacial score (nSPS) is 10.6. The topological polar surface area (TPSA) is 53.4 Å². The van der Waals surface area contributed by atoms with Gasteiger partial charge in [-0.15, -0.1) is 22.7 Å². The lowest BCUT2D eigenvalue weighted by atomic mass is 10.3. The SMILES string of the molecule is CCN(CCO)C(=O)Cc1csc(-c2cccs2)n1. The van der Waals surface area contributed by atoms with Crippen LogP contribution in [0.5, 0.6) is 0 Å². The van der Waals surface area contributed by atoms with Gasteiger partial charge in [0.25, 0.3) is 0 Å². The van der Waals surface area contributed by atoms with Gasteiger partial charge in [-0.25, -0.2) is 4.98 Å². The zero-order valence-electron chi connectivity index (χ0n) is 10.7. The maximum absolute atomic E-state index is 12.0. The molecule has 0 saturated heterocycles. The molecule has 2 rings (SSSR count). The summed E-state index contributed by atoms with van der Waals surface area (Å²) in [4.78, 5) is 19.3. The molecule has 0 aromatic carbocycles. The van der Waals surface area contributed by atoms with Crippen LogP contribution in [0.4, 0.5) is 0 Å². The number of carbonyl (C=O) groups is 1. The molecular formula is C13H16N2O2S2. The highest BCUT2D eigenvalue weighted by atomic mass is 32.1. The fourth-order valence-corrected chi connectivity index (χ4v) is 3.38. The first kappa shape index (κ1) is 14.2. The summed E-state index contributed by atoms with van der Waals surface area (Å²) in [6.07, 6.45) is 0.301. The van der Waals surface area contributed by atoms with Gasteiger partial charge in [0.15, 0.2) is 0 Å². The van der Waals surface area contributed by atoms with E-state index in [1.165, 1.54) is 0 Å². The predicted octanol–water partition coefficient (Wildman–Crippen LogP) is 2.25. The lowest BCUT2D eigenvalue weighted by Crippen LogP contribution is -2.34. The van der Waals surface area contributed by atoms with Crippen molar-refractivity contribution >= 4 is 28.6 Å². The average molecular weight is 296 g/mol. The molecule has 0 unspecified atom stereocenters. The summed E-state index contributed by atoms with van der Waals surface area (Å²) in [5.41, 5.74) is 0.801. The van der Waals surface area contributed by atoms with Crippen LogP contribution < -0.4 is 0 Å². The fourth-order valence-electron chi connectivity index (χ4n) is 1.75. The van der Waals surface area contributed by atoms with Gasteiger partial charge in [0.05, 0.1) is 23.6 Å². The van der Waals surface area contributed by atoms with Gasteiger partial charge in [-0.05, 0) is 18.4 Å². The molecule has 0 bridgehead atoms. The molecule has 0 fully saturated rings. The van der Waals surface area contributed by atoms with Crippen LogP contribution in [0, 0.1) is 0 Å². The lowest BCUT2D eigenvalue weighted by molar-refractivity contribution is -0.130. The summed E-state index contributed by atoms with van der Waals surface area (Å²) in [5, 5.41) is 13.8. The van der Waals surface area contributed by atoms with Crippen LogP contribution in [0.3, 0.4) is 0 Å². The number of rotatable bonds is 6. The molecular weight excluding hydrogens is 280 g/mol. The third kappa shape index (κ3) is 3.62. The maximum atomic E-state index is 12.0. The van der Waals surface area contributed by atoms with E-state index in [1.807, 2.05) is 29.8 Å². The number of likely N-dealkylation sites (N-methyl/N-ethyl adjacent to an activating group) is 1. The first-order valence-corrected chi connectivity index (χ1v) is 7.87. The van der Waals surface area contributed by atoms with Crippen LogP contribution in [0.15, 0.2) is 22.9 Å². The molecule has 102 valence electrons. The van der Waals surface area contributed by atoms with Crippen molar-refractivity contribution in [3.63, 3.8) is 0 Å². The Hall–Kier alpha value is -1.24. The lowest BCUT2D eigenvalue weighted by Gasteiger charge is -2.18. The molecule has 0 aliphatic carbocycles. The monoisotopic (exact) mass is 296 g/mol. The van der Waals surface area contributed by atoms with Crippen molar-refractivity contribution in [1.82, 2.24) is 9.88 Å². The molecule has 0 aliphatic rings. The van der Waals surface area contributed by atoms with Crippen LogP contribution >= 0.6 is 22.7 Å². The molecule has 2 heterocycles. The molecule has 0 spiro atoms. The molecule has 0 aliphatic heterocycles. The Morgan fingerprint density at radius 3 is 2.95 bits per heavy atom. The van der Waals surface area contributed by atoms with Crippen molar-refractivity contribution < 1.29 is 9.90 Å². The highest BCUT2D eigenvalue weighted by molar-refractivity contribution is 7.20. The van der Waals surface area contributed by atoms with Gasteiger partial charge in [-0.1, -0.05) is 6.07 Å².